The van der Waals surface area contributed by atoms with Crippen molar-refractivity contribution in [1.29, 1.82) is 0 Å². The second-order valence-corrected chi connectivity index (χ2v) is 10.7. The van der Waals surface area contributed by atoms with Gasteiger partial charge in [-0.15, -0.1) is 0 Å². The fourth-order valence-electron chi connectivity index (χ4n) is 4.19. The van der Waals surface area contributed by atoms with E-state index in [-0.39, 0.29) is 29.4 Å². The van der Waals surface area contributed by atoms with Gasteiger partial charge in [-0.1, -0.05) is 0 Å². The van der Waals surface area contributed by atoms with Crippen molar-refractivity contribution in [3.05, 3.63) is 35.3 Å². The highest BCUT2D eigenvalue weighted by molar-refractivity contribution is 7.95. The molecule has 0 radical (unpaired) electrons. The lowest BCUT2D eigenvalue weighted by molar-refractivity contribution is 0.0671. The molecule has 180 valence electrons. The first-order valence-electron chi connectivity index (χ1n) is 11.1. The van der Waals surface area contributed by atoms with Crippen LogP contribution < -0.4 is 10.4 Å². The number of hydrogen-bond acceptors (Lipinski definition) is 8. The van der Waals surface area contributed by atoms with E-state index in [1.807, 2.05) is 0 Å². The third-order valence-electron chi connectivity index (χ3n) is 5.94. The van der Waals surface area contributed by atoms with Crippen LogP contribution in [0.15, 0.2) is 29.6 Å². The maximum atomic E-state index is 13.7. The molecule has 0 spiro atoms. The van der Waals surface area contributed by atoms with E-state index in [9.17, 15) is 4.79 Å². The lowest BCUT2D eigenvalue weighted by Gasteiger charge is -2.22. The molecule has 1 saturated heterocycles. The number of fused-ring (bicyclic) bond motifs is 2. The van der Waals surface area contributed by atoms with Crippen molar-refractivity contribution in [3.8, 4) is 17.3 Å². The first-order chi connectivity index (χ1) is 16.6. The highest BCUT2D eigenvalue weighted by Gasteiger charge is 2.28. The van der Waals surface area contributed by atoms with Gasteiger partial charge in [0.05, 0.1) is 49.7 Å². The normalized spacial score (nSPS) is 15.1. The Morgan fingerprint density at radius 1 is 1.21 bits per heavy atom. The van der Waals surface area contributed by atoms with Crippen molar-refractivity contribution in [2.75, 3.05) is 45.2 Å². The summed E-state index contributed by atoms with van der Waals surface area (Å²) in [5, 5.41) is 4.38. The second kappa shape index (κ2) is 9.72. The zero-order valence-corrected chi connectivity index (χ0v) is 20.3. The lowest BCUT2D eigenvalue weighted by atomic mass is 10.1. The Labute approximate surface area is 199 Å². The van der Waals surface area contributed by atoms with Gasteiger partial charge in [-0.2, -0.15) is 10.1 Å². The van der Waals surface area contributed by atoms with Crippen molar-refractivity contribution in [1.82, 2.24) is 33.7 Å². The van der Waals surface area contributed by atoms with E-state index in [0.717, 1.165) is 24.1 Å². The van der Waals surface area contributed by atoms with E-state index < -0.39 is 0 Å². The largest absolute Gasteiger partial charge is 0.479 e. The van der Waals surface area contributed by atoms with Gasteiger partial charge in [-0.25, -0.2) is 14.3 Å². The van der Waals surface area contributed by atoms with Crippen LogP contribution in [-0.4, -0.2) is 78.9 Å². The van der Waals surface area contributed by atoms with Gasteiger partial charge in [-0.05, 0) is 23.7 Å². The molecular formula is C22H28N7O4S+. The Balaban J connectivity index is 1.67. The number of methoxy groups -OCH3 is 1. The van der Waals surface area contributed by atoms with Gasteiger partial charge < -0.3 is 14.2 Å². The number of rotatable bonds is 8. The van der Waals surface area contributed by atoms with Crippen molar-refractivity contribution < 1.29 is 14.2 Å². The van der Waals surface area contributed by atoms with Gasteiger partial charge in [-0.3, -0.25) is 14.1 Å². The van der Waals surface area contributed by atoms with Crippen LogP contribution in [-0.2, 0) is 27.1 Å². The summed E-state index contributed by atoms with van der Waals surface area (Å²) >= 11 is 0. The minimum atomic E-state index is -0.180. The van der Waals surface area contributed by atoms with E-state index in [1.54, 1.807) is 45.5 Å². The van der Waals surface area contributed by atoms with Gasteiger partial charge in [0, 0.05) is 31.6 Å². The minimum Gasteiger partial charge on any atom is -0.479 e. The number of nitrogens with zero attached hydrogens (tertiary/aromatic N) is 7. The molecule has 0 N–H and O–H groups in total. The van der Waals surface area contributed by atoms with Crippen LogP contribution in [0.4, 0.5) is 0 Å². The molecule has 4 aromatic rings. The predicted molar refractivity (Wildman–Crippen MR) is 129 cm³/mol. The monoisotopic (exact) mass is 486 g/mol. The minimum absolute atomic E-state index is 0.0276. The zero-order chi connectivity index (χ0) is 23.7. The van der Waals surface area contributed by atoms with Crippen LogP contribution in [0, 0.1) is 0 Å². The van der Waals surface area contributed by atoms with Crippen LogP contribution in [0.2, 0.25) is 0 Å². The maximum Gasteiger partial charge on any atom is 0.332 e. The molecule has 0 amide bonds. The third-order valence-corrected chi connectivity index (χ3v) is 6.92. The van der Waals surface area contributed by atoms with Crippen LogP contribution >= 0.6 is 0 Å². The van der Waals surface area contributed by atoms with Crippen LogP contribution in [0.1, 0.15) is 18.9 Å². The van der Waals surface area contributed by atoms with Gasteiger partial charge >= 0.3 is 5.69 Å². The molecule has 12 heteroatoms. The van der Waals surface area contributed by atoms with Crippen LogP contribution in [0.25, 0.3) is 28.1 Å². The van der Waals surface area contributed by atoms with Gasteiger partial charge in [0.25, 0.3) is 0 Å². The summed E-state index contributed by atoms with van der Waals surface area (Å²) in [5.41, 5.74) is 2.35. The summed E-state index contributed by atoms with van der Waals surface area (Å²) in [6.07, 6.45) is 12.6. The standard InChI is InChI=1S/C22H28N7O4S/c1-31-21-18-20(25-19(26-21)16-12-24-28-7-6-23-13-17(16)28)29(15-4-8-32-9-5-15)22(30)27(18)14-33-10-11-34(2)3/h6-7,12-13,15H,4-5,8-11,14H2,1-3H3/q+1. The molecule has 5 rings (SSSR count). The van der Waals surface area contributed by atoms with Gasteiger partial charge in [0.2, 0.25) is 5.88 Å². The first-order valence-corrected chi connectivity index (χ1v) is 13.3. The molecular weight excluding hydrogens is 458 g/mol. The molecule has 0 bridgehead atoms. The molecule has 0 aliphatic carbocycles. The zero-order valence-electron chi connectivity index (χ0n) is 19.5. The Morgan fingerprint density at radius 3 is 2.79 bits per heavy atom. The molecule has 34 heavy (non-hydrogen) atoms. The lowest BCUT2D eigenvalue weighted by Crippen LogP contribution is -2.31. The summed E-state index contributed by atoms with van der Waals surface area (Å²) in [6, 6.07) is -0.0276. The van der Waals surface area contributed by atoms with Gasteiger partial charge in [0.15, 0.2) is 17.0 Å². The number of ether oxygens (including phenoxy) is 3. The van der Waals surface area contributed by atoms with Crippen molar-refractivity contribution >= 4 is 27.6 Å². The average Bonchev–Trinajstić information content (AvgIpc) is 3.40. The smallest absolute Gasteiger partial charge is 0.332 e. The fourth-order valence-corrected chi connectivity index (χ4v) is 4.64. The maximum absolute atomic E-state index is 13.7. The molecule has 1 aliphatic heterocycles. The molecule has 1 aliphatic rings. The highest BCUT2D eigenvalue weighted by Crippen LogP contribution is 2.31. The molecule has 11 nitrogen and oxygen atoms in total. The van der Waals surface area contributed by atoms with Crippen molar-refractivity contribution in [2.24, 2.45) is 0 Å². The fraction of sp³-hybridized carbons (Fsp3) is 0.500. The van der Waals surface area contributed by atoms with Crippen LogP contribution in [0.3, 0.4) is 0 Å². The SMILES string of the molecule is COc1nc(-c2cnn3ccncc23)nc2c1n(COCC[S+](C)C)c(=O)n2C1CCOCC1. The third kappa shape index (κ3) is 4.17. The highest BCUT2D eigenvalue weighted by atomic mass is 32.2. The molecule has 0 aromatic carbocycles. The van der Waals surface area contributed by atoms with Crippen LogP contribution in [0.5, 0.6) is 5.88 Å². The Bertz CT molecular complexity index is 1360. The molecule has 1 fully saturated rings. The van der Waals surface area contributed by atoms with E-state index in [2.05, 4.69) is 27.6 Å². The average molecular weight is 487 g/mol. The molecule has 4 aromatic heterocycles. The van der Waals surface area contributed by atoms with E-state index >= 15 is 0 Å². The molecule has 5 heterocycles. The molecule has 0 saturated carbocycles. The Hall–Kier alpha value is -2.96. The molecule has 0 unspecified atom stereocenters. The molecule has 0 atom stereocenters. The Morgan fingerprint density at radius 2 is 2.03 bits per heavy atom. The van der Waals surface area contributed by atoms with Crippen molar-refractivity contribution in [2.45, 2.75) is 25.6 Å². The van der Waals surface area contributed by atoms with E-state index in [4.69, 9.17) is 19.2 Å². The second-order valence-electron chi connectivity index (χ2n) is 8.34. The summed E-state index contributed by atoms with van der Waals surface area (Å²) in [4.78, 5) is 27.4. The van der Waals surface area contributed by atoms with Gasteiger partial charge in [0.1, 0.15) is 12.5 Å². The number of hydrogen-bond donors (Lipinski definition) is 0. The van der Waals surface area contributed by atoms with Crippen molar-refractivity contribution in [3.63, 3.8) is 0 Å². The Kier molecular flexibility index (Phi) is 6.53. The quantitative estimate of drug-likeness (QED) is 0.272. The number of aromatic nitrogens is 7. The summed E-state index contributed by atoms with van der Waals surface area (Å²) < 4.78 is 22.1. The van der Waals surface area contributed by atoms with E-state index in [0.29, 0.717) is 48.3 Å². The summed E-state index contributed by atoms with van der Waals surface area (Å²) in [7, 11) is 1.81. The number of imidazole rings is 1. The van der Waals surface area contributed by atoms with E-state index in [1.165, 1.54) is 0 Å². The summed E-state index contributed by atoms with van der Waals surface area (Å²) in [5.74, 6) is 1.68. The predicted octanol–water partition coefficient (Wildman–Crippen LogP) is 1.51. The summed E-state index contributed by atoms with van der Waals surface area (Å²) in [6.45, 7) is 1.89. The first kappa shape index (κ1) is 22.8. The topological polar surface area (TPSA) is 111 Å².